The topological polar surface area (TPSA) is 43.4 Å². The molecule has 1 unspecified atom stereocenters. The first-order valence-corrected chi connectivity index (χ1v) is 6.46. The Balaban J connectivity index is 4.75. The summed E-state index contributed by atoms with van der Waals surface area (Å²) in [5.74, 6) is -0.411. The lowest BCUT2D eigenvalue weighted by molar-refractivity contribution is -0.139. The number of allylic oxidation sites excluding steroid dienone is 1. The fourth-order valence-electron chi connectivity index (χ4n) is 1.65. The Bertz CT molecular complexity index is 279. The Kier molecular flexibility index (Phi) is 8.38. The van der Waals surface area contributed by atoms with Gasteiger partial charge in [0, 0.05) is 0 Å². The highest BCUT2D eigenvalue weighted by Gasteiger charge is 2.17. The number of hydrogen-bond acceptors (Lipinski definition) is 3. The van der Waals surface area contributed by atoms with Crippen LogP contribution in [0.2, 0.25) is 0 Å². The van der Waals surface area contributed by atoms with Gasteiger partial charge in [-0.25, -0.2) is 4.79 Å². The molecule has 0 bridgehead atoms. The minimum absolute atomic E-state index is 0.204. The number of esters is 1. The summed E-state index contributed by atoms with van der Waals surface area (Å²) < 4.78 is 4.89. The van der Waals surface area contributed by atoms with E-state index >= 15 is 0 Å². The normalized spacial score (nSPS) is 13.3. The van der Waals surface area contributed by atoms with Gasteiger partial charge in [-0.3, -0.25) is 4.79 Å². The van der Waals surface area contributed by atoms with Crippen molar-refractivity contribution in [3.05, 3.63) is 11.6 Å². The largest absolute Gasteiger partial charge is 0.462 e. The number of ether oxygens (including phenoxy) is 1. The van der Waals surface area contributed by atoms with Crippen LogP contribution in [0.5, 0.6) is 0 Å². The summed E-state index contributed by atoms with van der Waals surface area (Å²) in [6, 6.07) is 0. The van der Waals surface area contributed by atoms with Crippen LogP contribution in [0.15, 0.2) is 11.6 Å². The highest BCUT2D eigenvalue weighted by Crippen LogP contribution is 2.17. The number of carbonyl (C=O) groups excluding carboxylic acids is 2. The van der Waals surface area contributed by atoms with Gasteiger partial charge in [0.1, 0.15) is 0 Å². The third-order valence-electron chi connectivity index (χ3n) is 2.73. The molecule has 0 aromatic rings. The summed E-state index contributed by atoms with van der Waals surface area (Å²) >= 11 is 0. The smallest absolute Gasteiger partial charge is 0.341 e. The Morgan fingerprint density at radius 2 is 1.88 bits per heavy atom. The zero-order chi connectivity index (χ0) is 13.3. The van der Waals surface area contributed by atoms with Crippen LogP contribution < -0.4 is 0 Å². The van der Waals surface area contributed by atoms with Crippen molar-refractivity contribution in [3.63, 3.8) is 0 Å². The summed E-state index contributed by atoms with van der Waals surface area (Å²) in [4.78, 5) is 23.0. The molecule has 0 saturated carbocycles. The van der Waals surface area contributed by atoms with E-state index in [0.717, 1.165) is 25.7 Å². The van der Waals surface area contributed by atoms with Crippen LogP contribution in [0, 0.1) is 5.92 Å². The lowest BCUT2D eigenvalue weighted by Gasteiger charge is -2.11. The van der Waals surface area contributed by atoms with Crippen molar-refractivity contribution < 1.29 is 14.3 Å². The van der Waals surface area contributed by atoms with E-state index in [1.54, 1.807) is 13.0 Å². The number of ketones is 1. The average molecular weight is 240 g/mol. The van der Waals surface area contributed by atoms with Crippen LogP contribution in [-0.4, -0.2) is 18.4 Å². The predicted molar refractivity (Wildman–Crippen MR) is 68.7 cm³/mol. The van der Waals surface area contributed by atoms with Gasteiger partial charge >= 0.3 is 5.97 Å². The van der Waals surface area contributed by atoms with Crippen molar-refractivity contribution in [1.82, 2.24) is 0 Å². The quantitative estimate of drug-likeness (QED) is 0.283. The first-order valence-electron chi connectivity index (χ1n) is 6.46. The summed E-state index contributed by atoms with van der Waals surface area (Å²) in [5.41, 5.74) is 0.204. The molecule has 0 saturated heterocycles. The summed E-state index contributed by atoms with van der Waals surface area (Å²) in [7, 11) is 0. The van der Waals surface area contributed by atoms with E-state index in [1.165, 1.54) is 6.92 Å². The van der Waals surface area contributed by atoms with Gasteiger partial charge in [-0.2, -0.15) is 0 Å². The first-order chi connectivity index (χ1) is 8.06. The molecule has 0 aliphatic carbocycles. The van der Waals surface area contributed by atoms with Gasteiger partial charge in [0.2, 0.25) is 0 Å². The predicted octanol–water partition coefficient (Wildman–Crippen LogP) is 3.28. The average Bonchev–Trinajstić information content (AvgIpc) is 2.29. The third kappa shape index (κ3) is 6.25. The second-order valence-electron chi connectivity index (χ2n) is 4.17. The Morgan fingerprint density at radius 1 is 1.24 bits per heavy atom. The van der Waals surface area contributed by atoms with Gasteiger partial charge in [-0.15, -0.1) is 0 Å². The lowest BCUT2D eigenvalue weighted by Crippen LogP contribution is -2.15. The van der Waals surface area contributed by atoms with Crippen LogP contribution in [-0.2, 0) is 14.3 Å². The zero-order valence-electron chi connectivity index (χ0n) is 11.4. The van der Waals surface area contributed by atoms with E-state index in [0.29, 0.717) is 12.5 Å². The summed E-state index contributed by atoms with van der Waals surface area (Å²) in [6.45, 7) is 7.65. The minimum Gasteiger partial charge on any atom is -0.462 e. The molecule has 0 fully saturated rings. The Morgan fingerprint density at radius 3 is 2.29 bits per heavy atom. The zero-order valence-corrected chi connectivity index (χ0v) is 11.4. The maximum Gasteiger partial charge on any atom is 0.341 e. The molecule has 0 N–H and O–H groups in total. The van der Waals surface area contributed by atoms with E-state index in [-0.39, 0.29) is 11.4 Å². The molecule has 0 spiro atoms. The minimum atomic E-state index is -0.491. The van der Waals surface area contributed by atoms with Crippen LogP contribution >= 0.6 is 0 Å². The van der Waals surface area contributed by atoms with Gasteiger partial charge in [0.15, 0.2) is 5.78 Å². The van der Waals surface area contributed by atoms with Crippen molar-refractivity contribution in [2.45, 2.75) is 53.4 Å². The lowest BCUT2D eigenvalue weighted by atomic mass is 9.95. The maximum absolute atomic E-state index is 11.6. The highest BCUT2D eigenvalue weighted by atomic mass is 16.5. The van der Waals surface area contributed by atoms with Crippen molar-refractivity contribution in [3.8, 4) is 0 Å². The molecule has 0 aliphatic rings. The van der Waals surface area contributed by atoms with Gasteiger partial charge in [-0.1, -0.05) is 32.8 Å². The van der Waals surface area contributed by atoms with Gasteiger partial charge in [0.25, 0.3) is 0 Å². The maximum atomic E-state index is 11.6. The standard InChI is InChI=1S/C14H24O3/c1-5-8-9-12(6-2)10-13(11(4)15)14(16)17-7-3/h10,12H,5-9H2,1-4H3. The molecule has 0 aromatic carbocycles. The van der Waals surface area contributed by atoms with Crippen LogP contribution in [0.4, 0.5) is 0 Å². The van der Waals surface area contributed by atoms with Crippen LogP contribution in [0.25, 0.3) is 0 Å². The second kappa shape index (κ2) is 8.97. The number of Topliss-reactive ketones (excluding diaryl/α,β-unsaturated/α-hetero) is 1. The highest BCUT2D eigenvalue weighted by molar-refractivity contribution is 6.16. The molecule has 0 amide bonds. The number of rotatable bonds is 8. The number of carbonyl (C=O) groups is 2. The molecule has 98 valence electrons. The SMILES string of the molecule is CCCCC(C=C(C(C)=O)C(=O)OCC)CC. The monoisotopic (exact) mass is 240 g/mol. The van der Waals surface area contributed by atoms with Gasteiger partial charge in [0.05, 0.1) is 12.2 Å². The number of unbranched alkanes of at least 4 members (excludes halogenated alkanes) is 1. The molecule has 0 heterocycles. The molecule has 0 aromatic heterocycles. The third-order valence-corrected chi connectivity index (χ3v) is 2.73. The molecule has 0 rings (SSSR count). The van der Waals surface area contributed by atoms with Crippen LogP contribution in [0.1, 0.15) is 53.4 Å². The Hall–Kier alpha value is -1.12. The van der Waals surface area contributed by atoms with E-state index in [9.17, 15) is 9.59 Å². The van der Waals surface area contributed by atoms with Crippen molar-refractivity contribution in [1.29, 1.82) is 0 Å². The summed E-state index contributed by atoms with van der Waals surface area (Å²) in [6.07, 6.45) is 5.98. The fraction of sp³-hybridized carbons (Fsp3) is 0.714. The molecular formula is C14H24O3. The van der Waals surface area contributed by atoms with Crippen molar-refractivity contribution in [2.24, 2.45) is 5.92 Å². The van der Waals surface area contributed by atoms with Crippen LogP contribution in [0.3, 0.4) is 0 Å². The van der Waals surface area contributed by atoms with Crippen molar-refractivity contribution >= 4 is 11.8 Å². The van der Waals surface area contributed by atoms with Gasteiger partial charge in [-0.05, 0) is 32.6 Å². The van der Waals surface area contributed by atoms with E-state index in [2.05, 4.69) is 13.8 Å². The first kappa shape index (κ1) is 15.9. The van der Waals surface area contributed by atoms with Crippen molar-refractivity contribution in [2.75, 3.05) is 6.61 Å². The van der Waals surface area contributed by atoms with E-state index in [1.807, 2.05) is 0 Å². The summed E-state index contributed by atoms with van der Waals surface area (Å²) in [5, 5.41) is 0. The molecule has 0 radical (unpaired) electrons. The number of hydrogen-bond donors (Lipinski definition) is 0. The molecule has 3 nitrogen and oxygen atoms in total. The Labute approximate surface area is 104 Å². The molecule has 0 aliphatic heterocycles. The second-order valence-corrected chi connectivity index (χ2v) is 4.17. The molecule has 17 heavy (non-hydrogen) atoms. The fourth-order valence-corrected chi connectivity index (χ4v) is 1.65. The molecular weight excluding hydrogens is 216 g/mol. The molecule has 3 heteroatoms. The van der Waals surface area contributed by atoms with E-state index in [4.69, 9.17) is 4.74 Å². The van der Waals surface area contributed by atoms with E-state index < -0.39 is 5.97 Å². The van der Waals surface area contributed by atoms with Gasteiger partial charge < -0.3 is 4.74 Å². The molecule has 1 atom stereocenters.